The van der Waals surface area contributed by atoms with Gasteiger partial charge in [-0.3, -0.25) is 0 Å². The van der Waals surface area contributed by atoms with E-state index in [1.54, 1.807) is 0 Å². The average molecular weight is 308 g/mol. The van der Waals surface area contributed by atoms with Crippen molar-refractivity contribution in [2.45, 2.75) is 77.2 Å². The Morgan fingerprint density at radius 1 is 1.18 bits per heavy atom. The molecule has 6 atom stereocenters. The molecule has 0 aliphatic heterocycles. The van der Waals surface area contributed by atoms with Crippen LogP contribution in [0.2, 0.25) is 0 Å². The van der Waals surface area contributed by atoms with E-state index in [4.69, 9.17) is 0 Å². The minimum Gasteiger partial charge on any atom is -0.365 e. The number of fused-ring (bicyclic) bond motifs is 5. The summed E-state index contributed by atoms with van der Waals surface area (Å²) in [5.74, 6) is -1.27. The largest absolute Gasteiger partial charge is 0.365 e. The molecule has 3 saturated carbocycles. The molecular weight excluding hydrogens is 279 g/mol. The Morgan fingerprint density at radius 3 is 2.73 bits per heavy atom. The summed E-state index contributed by atoms with van der Waals surface area (Å²) in [5, 5.41) is 21.9. The maximum absolute atomic E-state index is 14.5. The van der Waals surface area contributed by atoms with E-state index in [-0.39, 0.29) is 23.7 Å². The quantitative estimate of drug-likeness (QED) is 0.525. The number of alkyl halides is 1. The lowest BCUT2D eigenvalue weighted by Crippen LogP contribution is -2.62. The van der Waals surface area contributed by atoms with Crippen molar-refractivity contribution in [2.24, 2.45) is 28.6 Å². The standard InChI is InChI=1S/C19H29FO2/c1-17-10-4-3-5-12(17)6-7-13-14-8-9-15(20)18(14,2)11-19(21,22)16(13)17/h5,13-16,21-22H,3-4,6-11H2,1-2H3/t13-,14-,15?,16+,17-,18-/m0/s1. The molecular formula is C19H29FO2. The van der Waals surface area contributed by atoms with Crippen LogP contribution in [0.4, 0.5) is 4.39 Å². The third-order valence-electron chi connectivity index (χ3n) is 7.84. The molecule has 0 aromatic rings. The van der Waals surface area contributed by atoms with Crippen LogP contribution in [0.15, 0.2) is 11.6 Å². The molecule has 1 unspecified atom stereocenters. The molecule has 4 rings (SSSR count). The van der Waals surface area contributed by atoms with Crippen molar-refractivity contribution >= 4 is 0 Å². The highest BCUT2D eigenvalue weighted by molar-refractivity contribution is 5.26. The van der Waals surface area contributed by atoms with Crippen LogP contribution in [0, 0.1) is 28.6 Å². The highest BCUT2D eigenvalue weighted by atomic mass is 19.1. The molecule has 0 spiro atoms. The van der Waals surface area contributed by atoms with Crippen molar-refractivity contribution in [3.05, 3.63) is 11.6 Å². The summed E-state index contributed by atoms with van der Waals surface area (Å²) >= 11 is 0. The van der Waals surface area contributed by atoms with Gasteiger partial charge in [-0.25, -0.2) is 4.39 Å². The molecule has 22 heavy (non-hydrogen) atoms. The van der Waals surface area contributed by atoms with E-state index in [1.165, 1.54) is 5.57 Å². The van der Waals surface area contributed by atoms with Crippen LogP contribution in [0.1, 0.15) is 65.2 Å². The van der Waals surface area contributed by atoms with Gasteiger partial charge in [0.25, 0.3) is 0 Å². The first kappa shape index (κ1) is 15.1. The lowest BCUT2D eigenvalue weighted by atomic mass is 9.45. The summed E-state index contributed by atoms with van der Waals surface area (Å²) in [6, 6.07) is 0. The Bertz CT molecular complexity index is 514. The summed E-state index contributed by atoms with van der Waals surface area (Å²) in [6.07, 6.45) is 8.56. The zero-order valence-corrected chi connectivity index (χ0v) is 13.8. The molecule has 0 saturated heterocycles. The van der Waals surface area contributed by atoms with E-state index in [9.17, 15) is 14.6 Å². The van der Waals surface area contributed by atoms with Crippen LogP contribution in [-0.4, -0.2) is 22.2 Å². The molecule has 0 heterocycles. The van der Waals surface area contributed by atoms with Gasteiger partial charge >= 0.3 is 0 Å². The SMILES string of the molecule is C[C@]12CCCC=C1CC[C@@H]1[C@H]2C(O)(O)C[C@]2(C)C(F)CC[C@@H]12. The zero-order chi connectivity index (χ0) is 15.8. The van der Waals surface area contributed by atoms with E-state index < -0.39 is 17.4 Å². The number of hydrogen-bond acceptors (Lipinski definition) is 2. The number of allylic oxidation sites excluding steroid dienone is 2. The van der Waals surface area contributed by atoms with E-state index in [2.05, 4.69) is 13.0 Å². The first-order valence-corrected chi connectivity index (χ1v) is 9.07. The average Bonchev–Trinajstić information content (AvgIpc) is 2.72. The summed E-state index contributed by atoms with van der Waals surface area (Å²) < 4.78 is 14.5. The second-order valence-corrected chi connectivity index (χ2v) is 8.93. The van der Waals surface area contributed by atoms with Crippen LogP contribution in [0.5, 0.6) is 0 Å². The van der Waals surface area contributed by atoms with Gasteiger partial charge in [0.1, 0.15) is 6.17 Å². The molecule has 0 aromatic carbocycles. The smallest absolute Gasteiger partial charge is 0.167 e. The monoisotopic (exact) mass is 308 g/mol. The predicted molar refractivity (Wildman–Crippen MR) is 83.8 cm³/mol. The Balaban J connectivity index is 1.79. The van der Waals surface area contributed by atoms with Crippen molar-refractivity contribution in [3.8, 4) is 0 Å². The van der Waals surface area contributed by atoms with E-state index in [0.717, 1.165) is 38.5 Å². The molecule has 4 aliphatic rings. The molecule has 0 amide bonds. The Kier molecular flexibility index (Phi) is 3.14. The van der Waals surface area contributed by atoms with E-state index in [0.29, 0.717) is 12.3 Å². The van der Waals surface area contributed by atoms with Crippen molar-refractivity contribution in [3.63, 3.8) is 0 Å². The van der Waals surface area contributed by atoms with Crippen molar-refractivity contribution in [1.82, 2.24) is 0 Å². The minimum absolute atomic E-state index is 0.0968. The van der Waals surface area contributed by atoms with Gasteiger partial charge < -0.3 is 10.2 Å². The summed E-state index contributed by atoms with van der Waals surface area (Å²) in [4.78, 5) is 0. The third-order valence-corrected chi connectivity index (χ3v) is 7.84. The molecule has 3 fully saturated rings. The molecule has 2 N–H and O–H groups in total. The Labute approximate surface area is 132 Å². The highest BCUT2D eigenvalue weighted by Gasteiger charge is 2.66. The Hall–Kier alpha value is -0.410. The van der Waals surface area contributed by atoms with Gasteiger partial charge in [0, 0.05) is 17.8 Å². The normalized spacial score (nSPS) is 53.2. The minimum atomic E-state index is -1.73. The number of aliphatic hydroxyl groups is 2. The third kappa shape index (κ3) is 1.78. The number of rotatable bonds is 0. The van der Waals surface area contributed by atoms with Gasteiger partial charge in [0.05, 0.1) is 0 Å². The first-order chi connectivity index (χ1) is 10.3. The fourth-order valence-electron chi connectivity index (χ4n) is 6.96. The van der Waals surface area contributed by atoms with Gasteiger partial charge in [-0.15, -0.1) is 0 Å². The van der Waals surface area contributed by atoms with E-state index in [1.807, 2.05) is 6.92 Å². The summed E-state index contributed by atoms with van der Waals surface area (Å²) in [6.45, 7) is 4.20. The van der Waals surface area contributed by atoms with E-state index >= 15 is 0 Å². The van der Waals surface area contributed by atoms with Crippen LogP contribution >= 0.6 is 0 Å². The Morgan fingerprint density at radius 2 is 1.95 bits per heavy atom. The number of halogens is 1. The summed E-state index contributed by atoms with van der Waals surface area (Å²) in [5.41, 5.74) is 0.794. The number of hydrogen-bond donors (Lipinski definition) is 2. The maximum Gasteiger partial charge on any atom is 0.167 e. The van der Waals surface area contributed by atoms with Gasteiger partial charge in [-0.2, -0.15) is 0 Å². The second kappa shape index (κ2) is 4.57. The first-order valence-electron chi connectivity index (χ1n) is 9.07. The summed E-state index contributed by atoms with van der Waals surface area (Å²) in [7, 11) is 0. The van der Waals surface area contributed by atoms with Crippen LogP contribution in [-0.2, 0) is 0 Å². The topological polar surface area (TPSA) is 40.5 Å². The van der Waals surface area contributed by atoms with Gasteiger partial charge in [-0.1, -0.05) is 25.5 Å². The molecule has 0 aromatic heterocycles. The predicted octanol–water partition coefficient (Wildman–Crippen LogP) is 3.97. The molecule has 0 radical (unpaired) electrons. The maximum atomic E-state index is 14.5. The fourth-order valence-corrected chi connectivity index (χ4v) is 6.96. The van der Waals surface area contributed by atoms with Gasteiger partial charge in [-0.05, 0) is 62.2 Å². The van der Waals surface area contributed by atoms with Crippen molar-refractivity contribution in [1.29, 1.82) is 0 Å². The van der Waals surface area contributed by atoms with Crippen LogP contribution < -0.4 is 0 Å². The van der Waals surface area contributed by atoms with Crippen LogP contribution in [0.25, 0.3) is 0 Å². The second-order valence-electron chi connectivity index (χ2n) is 8.93. The highest BCUT2D eigenvalue weighted by Crippen LogP contribution is 2.67. The molecule has 4 aliphatic carbocycles. The van der Waals surface area contributed by atoms with Gasteiger partial charge in [0.2, 0.25) is 0 Å². The van der Waals surface area contributed by atoms with Crippen molar-refractivity contribution in [2.75, 3.05) is 0 Å². The van der Waals surface area contributed by atoms with Gasteiger partial charge in [0.15, 0.2) is 5.79 Å². The molecule has 2 nitrogen and oxygen atoms in total. The zero-order valence-electron chi connectivity index (χ0n) is 13.8. The lowest BCUT2D eigenvalue weighted by molar-refractivity contribution is -0.296. The molecule has 124 valence electrons. The van der Waals surface area contributed by atoms with Crippen LogP contribution in [0.3, 0.4) is 0 Å². The molecule has 3 heteroatoms. The molecule has 0 bridgehead atoms. The van der Waals surface area contributed by atoms with Crippen molar-refractivity contribution < 1.29 is 14.6 Å². The fraction of sp³-hybridized carbons (Fsp3) is 0.895. The lowest BCUT2D eigenvalue weighted by Gasteiger charge is -2.61.